The van der Waals surface area contributed by atoms with Gasteiger partial charge in [0.1, 0.15) is 12.1 Å². The van der Waals surface area contributed by atoms with Crippen molar-refractivity contribution in [3.63, 3.8) is 0 Å². The van der Waals surface area contributed by atoms with Gasteiger partial charge in [-0.15, -0.1) is 0 Å². The lowest BCUT2D eigenvalue weighted by atomic mass is 9.90. The molecule has 2 amide bonds. The number of rotatable bonds is 9. The predicted octanol–water partition coefficient (Wildman–Crippen LogP) is 4.80. The molecule has 2 aliphatic rings. The summed E-state index contributed by atoms with van der Waals surface area (Å²) in [6, 6.07) is 16.3. The molecule has 7 nitrogen and oxygen atoms in total. The number of carboxylic acids is 1. The summed E-state index contributed by atoms with van der Waals surface area (Å²) in [5.74, 6) is -1.26. The number of carboxylic acid groups (broad SMARTS) is 1. The van der Waals surface area contributed by atoms with Crippen LogP contribution < -0.4 is 5.32 Å². The molecule has 2 aliphatic carbocycles. The second-order valence-corrected chi connectivity index (χ2v) is 10.3. The highest BCUT2D eigenvalue weighted by atomic mass is 16.5. The Bertz CT molecular complexity index is 1090. The molecule has 35 heavy (non-hydrogen) atoms. The molecule has 0 aliphatic heterocycles. The van der Waals surface area contributed by atoms with E-state index in [1.165, 1.54) is 18.7 Å². The molecule has 0 saturated heterocycles. The Labute approximate surface area is 206 Å². The first-order valence-electron chi connectivity index (χ1n) is 12.3. The van der Waals surface area contributed by atoms with E-state index in [0.717, 1.165) is 35.1 Å². The number of likely N-dealkylation sites (N-methyl/N-ethyl adjacent to an activating group) is 1. The summed E-state index contributed by atoms with van der Waals surface area (Å²) in [6.07, 6.45) is 1.27. The van der Waals surface area contributed by atoms with Gasteiger partial charge in [0.05, 0.1) is 12.0 Å². The number of carbonyl (C=O) groups excluding carboxylic acids is 2. The van der Waals surface area contributed by atoms with E-state index in [1.807, 2.05) is 31.2 Å². The normalized spacial score (nSPS) is 16.6. The molecular formula is C28H34N2O5. The van der Waals surface area contributed by atoms with Crippen LogP contribution in [0.4, 0.5) is 4.79 Å². The summed E-state index contributed by atoms with van der Waals surface area (Å²) in [6.45, 7) is 7.11. The summed E-state index contributed by atoms with van der Waals surface area (Å²) in [5.41, 5.74) is 2.45. The number of benzene rings is 2. The number of ether oxygens (including phenoxy) is 1. The van der Waals surface area contributed by atoms with E-state index in [1.54, 1.807) is 6.92 Å². The molecule has 7 heteroatoms. The molecular weight excluding hydrogens is 444 g/mol. The van der Waals surface area contributed by atoms with Crippen molar-refractivity contribution in [3.8, 4) is 11.1 Å². The first kappa shape index (κ1) is 24.8. The van der Waals surface area contributed by atoms with Gasteiger partial charge in [-0.3, -0.25) is 4.79 Å². The highest BCUT2D eigenvalue weighted by Crippen LogP contribution is 2.45. The molecule has 0 heterocycles. The lowest BCUT2D eigenvalue weighted by molar-refractivity contribution is -0.157. The first-order valence-corrected chi connectivity index (χ1v) is 12.3. The van der Waals surface area contributed by atoms with Crippen molar-refractivity contribution in [3.05, 3.63) is 59.7 Å². The fourth-order valence-electron chi connectivity index (χ4n) is 5.29. The smallest absolute Gasteiger partial charge is 0.407 e. The van der Waals surface area contributed by atoms with E-state index >= 15 is 0 Å². The second-order valence-electron chi connectivity index (χ2n) is 10.3. The van der Waals surface area contributed by atoms with Gasteiger partial charge in [-0.2, -0.15) is 0 Å². The number of fused-ring (bicyclic) bond motifs is 3. The zero-order chi connectivity index (χ0) is 25.4. The number of amides is 2. The van der Waals surface area contributed by atoms with Crippen LogP contribution in [0.15, 0.2) is 48.5 Å². The molecule has 2 aromatic rings. The Balaban J connectivity index is 1.45. The van der Waals surface area contributed by atoms with Gasteiger partial charge in [0.15, 0.2) is 0 Å². The van der Waals surface area contributed by atoms with Crippen molar-refractivity contribution >= 4 is 18.0 Å². The maximum absolute atomic E-state index is 13.2. The molecule has 0 aromatic heterocycles. The minimum Gasteiger partial charge on any atom is -0.480 e. The molecule has 4 rings (SSSR count). The zero-order valence-electron chi connectivity index (χ0n) is 20.8. The minimum absolute atomic E-state index is 0.0203. The monoisotopic (exact) mass is 478 g/mol. The van der Waals surface area contributed by atoms with E-state index in [4.69, 9.17) is 4.74 Å². The molecule has 1 saturated carbocycles. The molecule has 2 N–H and O–H groups in total. The predicted molar refractivity (Wildman–Crippen MR) is 133 cm³/mol. The van der Waals surface area contributed by atoms with Crippen LogP contribution in [0.3, 0.4) is 0 Å². The van der Waals surface area contributed by atoms with Gasteiger partial charge < -0.3 is 20.1 Å². The lowest BCUT2D eigenvalue weighted by Gasteiger charge is -2.38. The van der Waals surface area contributed by atoms with E-state index in [9.17, 15) is 19.5 Å². The Kier molecular flexibility index (Phi) is 6.62. The largest absolute Gasteiger partial charge is 0.480 e. The molecule has 0 bridgehead atoms. The van der Waals surface area contributed by atoms with E-state index in [0.29, 0.717) is 0 Å². The Hall–Kier alpha value is -3.35. The highest BCUT2D eigenvalue weighted by molar-refractivity contribution is 5.87. The Morgan fingerprint density at radius 3 is 2.03 bits per heavy atom. The maximum atomic E-state index is 13.2. The van der Waals surface area contributed by atoms with Gasteiger partial charge in [0.2, 0.25) is 5.91 Å². The molecule has 1 unspecified atom stereocenters. The molecule has 0 spiro atoms. The van der Waals surface area contributed by atoms with Crippen LogP contribution >= 0.6 is 0 Å². The average molecular weight is 479 g/mol. The standard InChI is InChI=1S/C28H34N2O5/c1-5-30(27(2,3)25(32)33)24(31)16-28(4,18-14-15-18)29-26(34)35-17-23-21-12-8-6-10-19(21)20-11-7-9-13-22(20)23/h6-13,18,23H,5,14-17H2,1-4H3,(H,29,34)(H,32,33). The van der Waals surface area contributed by atoms with Gasteiger partial charge in [-0.05, 0) is 68.7 Å². The van der Waals surface area contributed by atoms with Crippen LogP contribution in [-0.2, 0) is 14.3 Å². The second kappa shape index (κ2) is 9.36. The van der Waals surface area contributed by atoms with Crippen LogP contribution in [0.1, 0.15) is 64.0 Å². The van der Waals surface area contributed by atoms with Gasteiger partial charge in [0, 0.05) is 12.5 Å². The summed E-state index contributed by atoms with van der Waals surface area (Å²) in [7, 11) is 0. The third-order valence-electron chi connectivity index (χ3n) is 7.54. The van der Waals surface area contributed by atoms with Crippen LogP contribution in [0.2, 0.25) is 0 Å². The van der Waals surface area contributed by atoms with Crippen molar-refractivity contribution < 1.29 is 24.2 Å². The fourth-order valence-corrected chi connectivity index (χ4v) is 5.29. The SMILES string of the molecule is CCN(C(=O)CC(C)(NC(=O)OCC1c2ccccc2-c2ccccc21)C1CC1)C(C)(C)C(=O)O. The molecule has 186 valence electrons. The third-order valence-corrected chi connectivity index (χ3v) is 7.54. The summed E-state index contributed by atoms with van der Waals surface area (Å²) < 4.78 is 5.72. The molecule has 1 atom stereocenters. The fraction of sp³-hybridized carbons (Fsp3) is 0.464. The van der Waals surface area contributed by atoms with Crippen molar-refractivity contribution in [1.82, 2.24) is 10.2 Å². The number of alkyl carbamates (subject to hydrolysis) is 1. The molecule has 2 aromatic carbocycles. The average Bonchev–Trinajstić information content (AvgIpc) is 3.62. The number of hydrogen-bond acceptors (Lipinski definition) is 4. The van der Waals surface area contributed by atoms with Crippen LogP contribution in [0.5, 0.6) is 0 Å². The summed E-state index contributed by atoms with van der Waals surface area (Å²) in [5, 5.41) is 12.5. The maximum Gasteiger partial charge on any atom is 0.407 e. The van der Waals surface area contributed by atoms with Crippen LogP contribution in [0, 0.1) is 5.92 Å². The highest BCUT2D eigenvalue weighted by Gasteiger charge is 2.47. The van der Waals surface area contributed by atoms with Crippen LogP contribution in [-0.4, -0.2) is 52.2 Å². The van der Waals surface area contributed by atoms with E-state index in [-0.39, 0.29) is 37.3 Å². The van der Waals surface area contributed by atoms with Crippen molar-refractivity contribution in [2.75, 3.05) is 13.2 Å². The third kappa shape index (κ3) is 4.77. The lowest BCUT2D eigenvalue weighted by Crippen LogP contribution is -2.57. The first-order chi connectivity index (χ1) is 16.6. The van der Waals surface area contributed by atoms with Crippen molar-refractivity contribution in [1.29, 1.82) is 0 Å². The number of nitrogens with one attached hydrogen (secondary N) is 1. The molecule has 1 fully saturated rings. The molecule has 0 radical (unpaired) electrons. The summed E-state index contributed by atoms with van der Waals surface area (Å²) in [4.78, 5) is 39.2. The van der Waals surface area contributed by atoms with Crippen molar-refractivity contribution in [2.24, 2.45) is 5.92 Å². The number of aliphatic carboxylic acids is 1. The zero-order valence-corrected chi connectivity index (χ0v) is 20.8. The summed E-state index contributed by atoms with van der Waals surface area (Å²) >= 11 is 0. The topological polar surface area (TPSA) is 95.9 Å². The Morgan fingerprint density at radius 1 is 1.00 bits per heavy atom. The van der Waals surface area contributed by atoms with Crippen LogP contribution in [0.25, 0.3) is 11.1 Å². The van der Waals surface area contributed by atoms with Crippen molar-refractivity contribution in [2.45, 2.75) is 64.0 Å². The van der Waals surface area contributed by atoms with Gasteiger partial charge in [0.25, 0.3) is 0 Å². The number of carbonyl (C=O) groups is 3. The minimum atomic E-state index is -1.33. The number of nitrogens with zero attached hydrogens (tertiary/aromatic N) is 1. The number of hydrogen-bond donors (Lipinski definition) is 2. The van der Waals surface area contributed by atoms with Gasteiger partial charge >= 0.3 is 12.1 Å². The quantitative estimate of drug-likeness (QED) is 0.540. The van der Waals surface area contributed by atoms with Gasteiger partial charge in [-0.25, -0.2) is 9.59 Å². The van der Waals surface area contributed by atoms with E-state index < -0.39 is 23.1 Å². The van der Waals surface area contributed by atoms with E-state index in [2.05, 4.69) is 29.6 Å². The van der Waals surface area contributed by atoms with Gasteiger partial charge in [-0.1, -0.05) is 48.5 Å². The Morgan fingerprint density at radius 2 is 1.54 bits per heavy atom.